The molecule has 0 aromatic carbocycles. The van der Waals surface area contributed by atoms with Crippen LogP contribution in [0, 0.1) is 5.92 Å². The summed E-state index contributed by atoms with van der Waals surface area (Å²) >= 11 is 0. The second-order valence-corrected chi connectivity index (χ2v) is 5.12. The molecule has 0 saturated carbocycles. The van der Waals surface area contributed by atoms with Crippen molar-refractivity contribution < 1.29 is 9.53 Å². The third-order valence-electron chi connectivity index (χ3n) is 3.69. The summed E-state index contributed by atoms with van der Waals surface area (Å²) in [6.07, 6.45) is 1.13. The van der Waals surface area contributed by atoms with Crippen LogP contribution in [0.3, 0.4) is 0 Å². The van der Waals surface area contributed by atoms with E-state index in [0.717, 1.165) is 31.7 Å². The fourth-order valence-corrected chi connectivity index (χ4v) is 2.60. The molecule has 0 radical (unpaired) electrons. The van der Waals surface area contributed by atoms with E-state index in [4.69, 9.17) is 5.73 Å². The number of esters is 1. The molecule has 1 aromatic rings. The minimum Gasteiger partial charge on any atom is -0.464 e. The Kier molecular flexibility index (Phi) is 4.50. The van der Waals surface area contributed by atoms with Crippen molar-refractivity contribution in [3.8, 4) is 0 Å². The number of carbonyl (C=O) groups excluding carboxylic acids is 1. The molecule has 1 aromatic heterocycles. The van der Waals surface area contributed by atoms with Crippen molar-refractivity contribution in [2.45, 2.75) is 25.9 Å². The van der Waals surface area contributed by atoms with E-state index in [-0.39, 0.29) is 0 Å². The van der Waals surface area contributed by atoms with Gasteiger partial charge < -0.3 is 10.5 Å². The molecule has 104 valence electrons. The van der Waals surface area contributed by atoms with Crippen LogP contribution in [0.2, 0.25) is 0 Å². The van der Waals surface area contributed by atoms with Crippen molar-refractivity contribution in [1.82, 2.24) is 9.88 Å². The summed E-state index contributed by atoms with van der Waals surface area (Å²) in [5, 5.41) is 0. The summed E-state index contributed by atoms with van der Waals surface area (Å²) in [5.41, 5.74) is 6.99. The summed E-state index contributed by atoms with van der Waals surface area (Å²) < 4.78 is 4.69. The Morgan fingerprint density at radius 3 is 3.00 bits per heavy atom. The van der Waals surface area contributed by atoms with E-state index in [2.05, 4.69) is 21.5 Å². The summed E-state index contributed by atoms with van der Waals surface area (Å²) in [7, 11) is 1.37. The molecule has 5 heteroatoms. The lowest BCUT2D eigenvalue weighted by molar-refractivity contribution is 0.0593. The zero-order valence-corrected chi connectivity index (χ0v) is 11.5. The minimum atomic E-state index is -0.392. The fraction of sp³-hybridized carbons (Fsp3) is 0.571. The zero-order chi connectivity index (χ0) is 13.8. The highest BCUT2D eigenvalue weighted by atomic mass is 16.5. The van der Waals surface area contributed by atoms with Crippen molar-refractivity contribution in [3.05, 3.63) is 29.6 Å². The Hall–Kier alpha value is -1.46. The highest BCUT2D eigenvalue weighted by Gasteiger charge is 2.28. The van der Waals surface area contributed by atoms with Gasteiger partial charge in [-0.05, 0) is 37.9 Å². The van der Waals surface area contributed by atoms with Gasteiger partial charge in [-0.3, -0.25) is 4.90 Å². The lowest BCUT2D eigenvalue weighted by Crippen LogP contribution is -2.28. The SMILES string of the molecule is COC(=O)c1cccc(CN2CC(CN)CC2C)n1. The van der Waals surface area contributed by atoms with Crippen LogP contribution in [0.15, 0.2) is 18.2 Å². The Bertz CT molecular complexity index is 450. The molecule has 2 N–H and O–H groups in total. The lowest BCUT2D eigenvalue weighted by Gasteiger charge is -2.20. The van der Waals surface area contributed by atoms with Gasteiger partial charge >= 0.3 is 5.97 Å². The van der Waals surface area contributed by atoms with Crippen molar-refractivity contribution in [1.29, 1.82) is 0 Å². The number of hydrogen-bond donors (Lipinski definition) is 1. The molecule has 0 spiro atoms. The van der Waals surface area contributed by atoms with Gasteiger partial charge in [0.2, 0.25) is 0 Å². The maximum absolute atomic E-state index is 11.5. The number of carbonyl (C=O) groups is 1. The first-order valence-electron chi connectivity index (χ1n) is 6.62. The van der Waals surface area contributed by atoms with Crippen LogP contribution in [0.25, 0.3) is 0 Å². The normalized spacial score (nSPS) is 23.5. The number of pyridine rings is 1. The van der Waals surface area contributed by atoms with Crippen LogP contribution in [0.5, 0.6) is 0 Å². The second kappa shape index (κ2) is 6.12. The van der Waals surface area contributed by atoms with Crippen molar-refractivity contribution >= 4 is 5.97 Å². The fourth-order valence-electron chi connectivity index (χ4n) is 2.60. The first kappa shape index (κ1) is 14.0. The number of nitrogens with zero attached hydrogens (tertiary/aromatic N) is 2. The molecule has 0 amide bonds. The van der Waals surface area contributed by atoms with Crippen molar-refractivity contribution in [2.24, 2.45) is 11.7 Å². The molecule has 19 heavy (non-hydrogen) atoms. The molecule has 1 saturated heterocycles. The molecule has 1 aliphatic rings. The maximum atomic E-state index is 11.5. The van der Waals surface area contributed by atoms with Crippen LogP contribution in [0.1, 0.15) is 29.5 Å². The Morgan fingerprint density at radius 2 is 2.37 bits per heavy atom. The van der Waals surface area contributed by atoms with Gasteiger partial charge in [0.05, 0.1) is 12.8 Å². The molecule has 0 aliphatic carbocycles. The van der Waals surface area contributed by atoms with E-state index < -0.39 is 5.97 Å². The molecule has 1 aliphatic heterocycles. The average Bonchev–Trinajstić information content (AvgIpc) is 2.79. The molecule has 1 fully saturated rings. The van der Waals surface area contributed by atoms with Gasteiger partial charge in [-0.15, -0.1) is 0 Å². The average molecular weight is 263 g/mol. The predicted molar refractivity (Wildman–Crippen MR) is 72.6 cm³/mol. The first-order valence-corrected chi connectivity index (χ1v) is 6.62. The number of rotatable bonds is 4. The largest absolute Gasteiger partial charge is 0.464 e. The summed E-state index contributed by atoms with van der Waals surface area (Å²) in [6.45, 7) is 4.70. The minimum absolute atomic E-state index is 0.363. The van der Waals surface area contributed by atoms with E-state index in [0.29, 0.717) is 17.7 Å². The number of hydrogen-bond acceptors (Lipinski definition) is 5. The number of methoxy groups -OCH3 is 1. The van der Waals surface area contributed by atoms with Gasteiger partial charge in [-0.1, -0.05) is 6.07 Å². The molecule has 2 heterocycles. The third kappa shape index (κ3) is 3.30. The standard InChI is InChI=1S/C14H21N3O2/c1-10-6-11(7-15)8-17(10)9-12-4-3-5-13(16-12)14(18)19-2/h3-5,10-11H,6-9,15H2,1-2H3. The highest BCUT2D eigenvalue weighted by Crippen LogP contribution is 2.23. The summed E-state index contributed by atoms with van der Waals surface area (Å²) in [4.78, 5) is 18.2. The molecule has 5 nitrogen and oxygen atoms in total. The van der Waals surface area contributed by atoms with Gasteiger partial charge in [0.25, 0.3) is 0 Å². The molecular weight excluding hydrogens is 242 g/mol. The topological polar surface area (TPSA) is 68.5 Å². The number of likely N-dealkylation sites (tertiary alicyclic amines) is 1. The monoisotopic (exact) mass is 263 g/mol. The smallest absolute Gasteiger partial charge is 0.356 e. The van der Waals surface area contributed by atoms with E-state index in [1.165, 1.54) is 7.11 Å². The Morgan fingerprint density at radius 1 is 1.58 bits per heavy atom. The molecule has 0 bridgehead atoms. The highest BCUT2D eigenvalue weighted by molar-refractivity contribution is 5.87. The van der Waals surface area contributed by atoms with Gasteiger partial charge in [0.15, 0.2) is 0 Å². The quantitative estimate of drug-likeness (QED) is 0.822. The van der Waals surface area contributed by atoms with E-state index in [9.17, 15) is 4.79 Å². The van der Waals surface area contributed by atoms with Crippen molar-refractivity contribution in [3.63, 3.8) is 0 Å². The Balaban J connectivity index is 2.05. The number of ether oxygens (including phenoxy) is 1. The lowest BCUT2D eigenvalue weighted by atomic mass is 10.1. The van der Waals surface area contributed by atoms with Crippen LogP contribution >= 0.6 is 0 Å². The molecule has 2 rings (SSSR count). The summed E-state index contributed by atoms with van der Waals surface area (Å²) in [6, 6.07) is 5.97. The molecule has 2 unspecified atom stereocenters. The van der Waals surface area contributed by atoms with Gasteiger partial charge in [0.1, 0.15) is 5.69 Å². The van der Waals surface area contributed by atoms with Crippen LogP contribution in [0.4, 0.5) is 0 Å². The van der Waals surface area contributed by atoms with E-state index in [1.807, 2.05) is 12.1 Å². The zero-order valence-electron chi connectivity index (χ0n) is 11.5. The van der Waals surface area contributed by atoms with Gasteiger partial charge in [0, 0.05) is 19.1 Å². The maximum Gasteiger partial charge on any atom is 0.356 e. The Labute approximate surface area is 113 Å². The van der Waals surface area contributed by atoms with Crippen LogP contribution in [-0.4, -0.2) is 42.1 Å². The predicted octanol–water partition coefficient (Wildman–Crippen LogP) is 1.04. The molecular formula is C14H21N3O2. The summed E-state index contributed by atoms with van der Waals surface area (Å²) in [5.74, 6) is 0.176. The number of aromatic nitrogens is 1. The third-order valence-corrected chi connectivity index (χ3v) is 3.69. The van der Waals surface area contributed by atoms with Crippen LogP contribution < -0.4 is 5.73 Å². The van der Waals surface area contributed by atoms with Gasteiger partial charge in [-0.2, -0.15) is 0 Å². The molecule has 2 atom stereocenters. The van der Waals surface area contributed by atoms with Crippen molar-refractivity contribution in [2.75, 3.05) is 20.2 Å². The van der Waals surface area contributed by atoms with E-state index >= 15 is 0 Å². The van der Waals surface area contributed by atoms with Gasteiger partial charge in [-0.25, -0.2) is 9.78 Å². The van der Waals surface area contributed by atoms with E-state index in [1.54, 1.807) is 6.07 Å². The second-order valence-electron chi connectivity index (χ2n) is 5.12. The number of nitrogens with two attached hydrogens (primary N) is 1. The first-order chi connectivity index (χ1) is 9.13. The van der Waals surface area contributed by atoms with Crippen LogP contribution in [-0.2, 0) is 11.3 Å².